The van der Waals surface area contributed by atoms with Crippen LogP contribution in [0.15, 0.2) is 30.7 Å². The molecule has 5 rings (SSSR count). The molecule has 8 heteroatoms. The number of aromatic nitrogens is 3. The summed E-state index contributed by atoms with van der Waals surface area (Å²) < 4.78 is 2.13. The van der Waals surface area contributed by atoms with E-state index in [4.69, 9.17) is 4.98 Å². The summed E-state index contributed by atoms with van der Waals surface area (Å²) in [6.45, 7) is 4.63. The van der Waals surface area contributed by atoms with Crippen molar-refractivity contribution >= 4 is 33.7 Å². The highest BCUT2D eigenvalue weighted by atomic mass is 32.1. The zero-order valence-corrected chi connectivity index (χ0v) is 18.1. The second-order valence-electron chi connectivity index (χ2n) is 8.32. The van der Waals surface area contributed by atoms with Gasteiger partial charge in [-0.25, -0.2) is 9.97 Å². The summed E-state index contributed by atoms with van der Waals surface area (Å²) in [5.41, 5.74) is 2.12. The Morgan fingerprint density at radius 3 is 2.87 bits per heavy atom. The van der Waals surface area contributed by atoms with Gasteiger partial charge in [0.2, 0.25) is 5.91 Å². The third-order valence-corrected chi connectivity index (χ3v) is 7.04. The van der Waals surface area contributed by atoms with Gasteiger partial charge in [-0.15, -0.1) is 11.3 Å². The van der Waals surface area contributed by atoms with Crippen molar-refractivity contribution in [3.63, 3.8) is 0 Å². The number of piperidine rings is 2. The van der Waals surface area contributed by atoms with Crippen LogP contribution in [-0.4, -0.2) is 50.9 Å². The van der Waals surface area contributed by atoms with E-state index in [-0.39, 0.29) is 11.9 Å². The molecule has 2 saturated heterocycles. The first-order valence-electron chi connectivity index (χ1n) is 10.9. The highest BCUT2D eigenvalue weighted by Gasteiger charge is 2.30. The fourth-order valence-corrected chi connectivity index (χ4v) is 5.21. The van der Waals surface area contributed by atoms with Crippen molar-refractivity contribution in [2.75, 3.05) is 25.0 Å². The Hall–Kier alpha value is -2.45. The van der Waals surface area contributed by atoms with E-state index in [0.717, 1.165) is 67.5 Å². The molecule has 2 aliphatic rings. The average molecular weight is 425 g/mol. The van der Waals surface area contributed by atoms with Gasteiger partial charge in [-0.05, 0) is 51.3 Å². The fourth-order valence-electron chi connectivity index (χ4n) is 4.55. The molecule has 0 aromatic carbocycles. The molecular weight excluding hydrogens is 396 g/mol. The summed E-state index contributed by atoms with van der Waals surface area (Å²) in [4.78, 5) is 25.4. The number of nitrogens with one attached hydrogen (secondary N) is 2. The number of amides is 1. The molecule has 7 nitrogen and oxygen atoms in total. The number of carbonyl (C=O) groups excluding carboxylic acids is 1. The van der Waals surface area contributed by atoms with Gasteiger partial charge in [-0.2, -0.15) is 0 Å². The second-order valence-corrected chi connectivity index (χ2v) is 9.55. The van der Waals surface area contributed by atoms with Crippen molar-refractivity contribution in [3.8, 4) is 0 Å². The van der Waals surface area contributed by atoms with E-state index in [2.05, 4.69) is 45.4 Å². The zero-order chi connectivity index (χ0) is 20.5. The molecule has 2 aliphatic heterocycles. The van der Waals surface area contributed by atoms with Crippen LogP contribution in [0.25, 0.3) is 5.52 Å². The average Bonchev–Trinajstić information content (AvgIpc) is 3.43. The van der Waals surface area contributed by atoms with Crippen molar-refractivity contribution in [2.24, 2.45) is 0 Å². The molecule has 2 N–H and O–H groups in total. The van der Waals surface area contributed by atoms with Crippen LogP contribution >= 0.6 is 11.3 Å². The predicted molar refractivity (Wildman–Crippen MR) is 120 cm³/mol. The molecule has 0 spiro atoms. The number of nitrogens with zero attached hydrogens (tertiary/aromatic N) is 4. The standard InChI is InChI=1S/C22H28N6OS/c1-15-13-24-22(30-15)26-20-19-6-4-10-28(19)14-18(25-20)16-7-11-27(12-8-16)21(29)17-5-2-3-9-23-17/h4,6,10,13-14,16-17,23H,2-3,5,7-9,11-12H2,1H3,(H,24,25,26). The van der Waals surface area contributed by atoms with Gasteiger partial charge < -0.3 is 19.9 Å². The Morgan fingerprint density at radius 2 is 2.13 bits per heavy atom. The van der Waals surface area contributed by atoms with Gasteiger partial charge in [0.15, 0.2) is 10.9 Å². The van der Waals surface area contributed by atoms with E-state index >= 15 is 0 Å². The Bertz CT molecular complexity index is 1030. The molecule has 5 heterocycles. The molecule has 1 unspecified atom stereocenters. The zero-order valence-electron chi connectivity index (χ0n) is 17.3. The van der Waals surface area contributed by atoms with Crippen LogP contribution in [0.3, 0.4) is 0 Å². The topological polar surface area (TPSA) is 74.6 Å². The highest BCUT2D eigenvalue weighted by Crippen LogP contribution is 2.31. The van der Waals surface area contributed by atoms with Gasteiger partial charge in [0.05, 0.1) is 17.3 Å². The van der Waals surface area contributed by atoms with Crippen molar-refractivity contribution in [1.29, 1.82) is 0 Å². The number of thiazole rings is 1. The maximum absolute atomic E-state index is 12.8. The maximum atomic E-state index is 12.8. The molecule has 2 fully saturated rings. The first-order chi connectivity index (χ1) is 14.7. The summed E-state index contributed by atoms with van der Waals surface area (Å²) in [5, 5.41) is 7.66. The Morgan fingerprint density at radius 1 is 1.27 bits per heavy atom. The number of aryl methyl sites for hydroxylation is 1. The lowest BCUT2D eigenvalue weighted by Crippen LogP contribution is -2.50. The molecule has 3 aromatic heterocycles. The van der Waals surface area contributed by atoms with Crippen molar-refractivity contribution in [1.82, 2.24) is 24.6 Å². The summed E-state index contributed by atoms with van der Waals surface area (Å²) in [6.07, 6.45) is 11.3. The number of likely N-dealkylation sites (tertiary alicyclic amines) is 1. The summed E-state index contributed by atoms with van der Waals surface area (Å²) in [6, 6.07) is 4.12. The monoisotopic (exact) mass is 424 g/mol. The van der Waals surface area contributed by atoms with Crippen LogP contribution in [-0.2, 0) is 4.79 Å². The van der Waals surface area contributed by atoms with Gasteiger partial charge in [-0.3, -0.25) is 4.79 Å². The van der Waals surface area contributed by atoms with Crippen LogP contribution in [0.2, 0.25) is 0 Å². The first-order valence-corrected chi connectivity index (χ1v) is 11.7. The normalized spacial score (nSPS) is 20.6. The molecule has 1 atom stereocenters. The van der Waals surface area contributed by atoms with Crippen molar-refractivity contribution in [2.45, 2.75) is 51.0 Å². The molecule has 3 aromatic rings. The predicted octanol–water partition coefficient (Wildman–Crippen LogP) is 3.69. The van der Waals surface area contributed by atoms with Crippen LogP contribution in [0.4, 0.5) is 10.9 Å². The number of anilines is 2. The maximum Gasteiger partial charge on any atom is 0.239 e. The minimum Gasteiger partial charge on any atom is -0.341 e. The Labute approximate surface area is 180 Å². The van der Waals surface area contributed by atoms with E-state index in [1.165, 1.54) is 11.3 Å². The first kappa shape index (κ1) is 19.5. The van der Waals surface area contributed by atoms with Crippen LogP contribution in [0.1, 0.15) is 48.6 Å². The third kappa shape index (κ3) is 3.94. The molecule has 0 radical (unpaired) electrons. The van der Waals surface area contributed by atoms with Crippen molar-refractivity contribution in [3.05, 3.63) is 41.3 Å². The van der Waals surface area contributed by atoms with Crippen molar-refractivity contribution < 1.29 is 4.79 Å². The number of fused-ring (bicyclic) bond motifs is 1. The molecule has 0 bridgehead atoms. The lowest BCUT2D eigenvalue weighted by atomic mass is 9.92. The van der Waals surface area contributed by atoms with Gasteiger partial charge in [0.1, 0.15) is 0 Å². The van der Waals surface area contributed by atoms with E-state index in [9.17, 15) is 4.79 Å². The van der Waals surface area contributed by atoms with Gasteiger partial charge in [-0.1, -0.05) is 6.42 Å². The van der Waals surface area contributed by atoms with Gasteiger partial charge in [0.25, 0.3) is 0 Å². The SMILES string of the molecule is Cc1cnc(Nc2nc(C3CCN(C(=O)C4CCCCN4)CC3)cn3cccc23)s1. The minimum absolute atomic E-state index is 0.0159. The second kappa shape index (κ2) is 8.35. The number of hydrogen-bond acceptors (Lipinski definition) is 6. The Kier molecular flexibility index (Phi) is 5.43. The van der Waals surface area contributed by atoms with Crippen LogP contribution in [0.5, 0.6) is 0 Å². The summed E-state index contributed by atoms with van der Waals surface area (Å²) in [5.74, 6) is 1.49. The van der Waals surface area contributed by atoms with E-state index in [1.807, 2.05) is 17.2 Å². The molecule has 158 valence electrons. The van der Waals surface area contributed by atoms with E-state index in [1.54, 1.807) is 11.3 Å². The summed E-state index contributed by atoms with van der Waals surface area (Å²) >= 11 is 1.63. The fraction of sp³-hybridized carbons (Fsp3) is 0.500. The molecule has 1 amide bonds. The molecular formula is C22H28N6OS. The van der Waals surface area contributed by atoms with E-state index < -0.39 is 0 Å². The van der Waals surface area contributed by atoms with Gasteiger partial charge >= 0.3 is 0 Å². The smallest absolute Gasteiger partial charge is 0.239 e. The van der Waals surface area contributed by atoms with Crippen LogP contribution < -0.4 is 10.6 Å². The number of hydrogen-bond donors (Lipinski definition) is 2. The number of carbonyl (C=O) groups is 1. The summed E-state index contributed by atoms with van der Waals surface area (Å²) in [7, 11) is 0. The highest BCUT2D eigenvalue weighted by molar-refractivity contribution is 7.15. The van der Waals surface area contributed by atoms with Crippen LogP contribution in [0, 0.1) is 6.92 Å². The minimum atomic E-state index is 0.0159. The Balaban J connectivity index is 1.31. The lowest BCUT2D eigenvalue weighted by Gasteiger charge is -2.35. The van der Waals surface area contributed by atoms with Gasteiger partial charge in [0, 0.05) is 42.5 Å². The lowest BCUT2D eigenvalue weighted by molar-refractivity contribution is -0.135. The molecule has 30 heavy (non-hydrogen) atoms. The number of rotatable bonds is 4. The molecule has 0 aliphatic carbocycles. The van der Waals surface area contributed by atoms with E-state index in [0.29, 0.717) is 5.92 Å². The largest absolute Gasteiger partial charge is 0.341 e. The quantitative estimate of drug-likeness (QED) is 0.668. The third-order valence-electron chi connectivity index (χ3n) is 6.21. The molecule has 0 saturated carbocycles.